The first-order valence-corrected chi connectivity index (χ1v) is 7.35. The van der Waals surface area contributed by atoms with Crippen LogP contribution in [-0.4, -0.2) is 20.7 Å². The van der Waals surface area contributed by atoms with Crippen molar-refractivity contribution in [3.05, 3.63) is 59.1 Å². The standard InChI is InChI=1S/C17H21ClN2O/c1-20(13-7-9-14(21-2)10-8-13)12-11-17(19)15-5-3-4-6-16(15)18/h3-10,17H,11-12,19H2,1-2H3. The third kappa shape index (κ3) is 4.13. The van der Waals surface area contributed by atoms with Gasteiger partial charge in [0.15, 0.2) is 0 Å². The van der Waals surface area contributed by atoms with Crippen molar-refractivity contribution < 1.29 is 4.74 Å². The van der Waals surface area contributed by atoms with Gasteiger partial charge < -0.3 is 15.4 Å². The lowest BCUT2D eigenvalue weighted by Crippen LogP contribution is -2.23. The minimum absolute atomic E-state index is 0.0561. The van der Waals surface area contributed by atoms with Gasteiger partial charge in [0.05, 0.1) is 7.11 Å². The van der Waals surface area contributed by atoms with E-state index in [2.05, 4.69) is 11.9 Å². The second-order valence-electron chi connectivity index (χ2n) is 5.04. The number of nitrogens with two attached hydrogens (primary N) is 1. The van der Waals surface area contributed by atoms with Crippen LogP contribution in [0.3, 0.4) is 0 Å². The minimum Gasteiger partial charge on any atom is -0.497 e. The first-order valence-electron chi connectivity index (χ1n) is 6.97. The average Bonchev–Trinajstić information content (AvgIpc) is 2.52. The summed E-state index contributed by atoms with van der Waals surface area (Å²) in [5, 5.41) is 0.733. The first kappa shape index (κ1) is 15.7. The van der Waals surface area contributed by atoms with E-state index in [1.54, 1.807) is 7.11 Å². The highest BCUT2D eigenvalue weighted by Crippen LogP contribution is 2.24. The van der Waals surface area contributed by atoms with Crippen molar-refractivity contribution in [3.8, 4) is 5.75 Å². The van der Waals surface area contributed by atoms with Crippen LogP contribution in [-0.2, 0) is 0 Å². The van der Waals surface area contributed by atoms with Gasteiger partial charge in [0.1, 0.15) is 5.75 Å². The van der Waals surface area contributed by atoms with Crippen molar-refractivity contribution in [2.75, 3.05) is 25.6 Å². The summed E-state index contributed by atoms with van der Waals surface area (Å²) in [6.45, 7) is 0.860. The Morgan fingerprint density at radius 2 is 1.81 bits per heavy atom. The fourth-order valence-electron chi connectivity index (χ4n) is 2.23. The third-order valence-electron chi connectivity index (χ3n) is 3.59. The lowest BCUT2D eigenvalue weighted by Gasteiger charge is -2.22. The highest BCUT2D eigenvalue weighted by molar-refractivity contribution is 6.31. The van der Waals surface area contributed by atoms with Crippen LogP contribution in [0.5, 0.6) is 5.75 Å². The van der Waals surface area contributed by atoms with Crippen molar-refractivity contribution in [2.24, 2.45) is 5.73 Å². The second-order valence-corrected chi connectivity index (χ2v) is 5.44. The van der Waals surface area contributed by atoms with E-state index in [1.165, 1.54) is 0 Å². The molecule has 2 aromatic rings. The van der Waals surface area contributed by atoms with Crippen molar-refractivity contribution in [1.29, 1.82) is 0 Å². The van der Waals surface area contributed by atoms with E-state index < -0.39 is 0 Å². The zero-order valence-electron chi connectivity index (χ0n) is 12.4. The van der Waals surface area contributed by atoms with Gasteiger partial charge in [-0.25, -0.2) is 0 Å². The molecule has 0 aliphatic rings. The number of anilines is 1. The van der Waals surface area contributed by atoms with Gasteiger partial charge >= 0.3 is 0 Å². The monoisotopic (exact) mass is 304 g/mol. The summed E-state index contributed by atoms with van der Waals surface area (Å²) in [5.74, 6) is 0.861. The van der Waals surface area contributed by atoms with Gasteiger partial charge in [-0.05, 0) is 42.3 Å². The fraction of sp³-hybridized carbons (Fsp3) is 0.294. The van der Waals surface area contributed by atoms with Crippen LogP contribution in [0, 0.1) is 0 Å². The van der Waals surface area contributed by atoms with Crippen LogP contribution in [0.1, 0.15) is 18.0 Å². The Kier molecular flexibility index (Phi) is 5.48. The lowest BCUT2D eigenvalue weighted by atomic mass is 10.0. The molecule has 0 amide bonds. The Morgan fingerprint density at radius 1 is 1.14 bits per heavy atom. The van der Waals surface area contributed by atoms with Gasteiger partial charge in [-0.2, -0.15) is 0 Å². The van der Waals surface area contributed by atoms with E-state index in [0.717, 1.165) is 35.0 Å². The molecule has 2 aromatic carbocycles. The van der Waals surface area contributed by atoms with E-state index in [9.17, 15) is 0 Å². The zero-order valence-corrected chi connectivity index (χ0v) is 13.2. The Balaban J connectivity index is 1.94. The number of hydrogen-bond acceptors (Lipinski definition) is 3. The molecule has 21 heavy (non-hydrogen) atoms. The zero-order chi connectivity index (χ0) is 15.2. The summed E-state index contributed by atoms with van der Waals surface area (Å²) in [4.78, 5) is 2.18. The highest BCUT2D eigenvalue weighted by Gasteiger charge is 2.11. The Bertz CT molecular complexity index is 571. The topological polar surface area (TPSA) is 38.5 Å². The Morgan fingerprint density at radius 3 is 2.43 bits per heavy atom. The Hall–Kier alpha value is -1.71. The molecule has 0 aliphatic heterocycles. The van der Waals surface area contributed by atoms with E-state index in [-0.39, 0.29) is 6.04 Å². The molecule has 3 nitrogen and oxygen atoms in total. The van der Waals surface area contributed by atoms with Crippen LogP contribution in [0.15, 0.2) is 48.5 Å². The molecule has 0 radical (unpaired) electrons. The fourth-order valence-corrected chi connectivity index (χ4v) is 2.51. The van der Waals surface area contributed by atoms with Crippen molar-refractivity contribution in [3.63, 3.8) is 0 Å². The summed E-state index contributed by atoms with van der Waals surface area (Å²) in [6, 6.07) is 15.7. The second kappa shape index (κ2) is 7.34. The molecule has 4 heteroatoms. The quantitative estimate of drug-likeness (QED) is 0.880. The molecule has 1 atom stereocenters. The largest absolute Gasteiger partial charge is 0.497 e. The van der Waals surface area contributed by atoms with Crippen molar-refractivity contribution in [2.45, 2.75) is 12.5 Å². The average molecular weight is 305 g/mol. The number of nitrogens with zero attached hydrogens (tertiary/aromatic N) is 1. The molecule has 0 fully saturated rings. The predicted octanol–water partition coefficient (Wildman–Crippen LogP) is 3.87. The van der Waals surface area contributed by atoms with Gasteiger partial charge in [-0.3, -0.25) is 0 Å². The minimum atomic E-state index is -0.0561. The summed E-state index contributed by atoms with van der Waals surface area (Å²) < 4.78 is 5.16. The smallest absolute Gasteiger partial charge is 0.119 e. The Labute approximate surface area is 131 Å². The van der Waals surface area contributed by atoms with Gasteiger partial charge in [-0.1, -0.05) is 29.8 Å². The van der Waals surface area contributed by atoms with Gasteiger partial charge in [0.2, 0.25) is 0 Å². The first-order chi connectivity index (χ1) is 10.1. The summed E-state index contributed by atoms with van der Waals surface area (Å²) in [7, 11) is 3.72. The molecule has 2 rings (SSSR count). The number of benzene rings is 2. The maximum absolute atomic E-state index is 6.24. The molecule has 112 valence electrons. The molecule has 0 aliphatic carbocycles. The maximum Gasteiger partial charge on any atom is 0.119 e. The molecule has 0 spiro atoms. The van der Waals surface area contributed by atoms with Crippen LogP contribution in [0.4, 0.5) is 5.69 Å². The van der Waals surface area contributed by atoms with Crippen LogP contribution in [0.2, 0.25) is 5.02 Å². The highest BCUT2D eigenvalue weighted by atomic mass is 35.5. The van der Waals surface area contributed by atoms with Crippen molar-refractivity contribution >= 4 is 17.3 Å². The molecule has 2 N–H and O–H groups in total. The maximum atomic E-state index is 6.24. The van der Waals surface area contributed by atoms with E-state index >= 15 is 0 Å². The molecule has 0 saturated carbocycles. The number of halogens is 1. The van der Waals surface area contributed by atoms with Gasteiger partial charge in [0, 0.05) is 30.3 Å². The normalized spacial score (nSPS) is 12.0. The third-order valence-corrected chi connectivity index (χ3v) is 3.94. The van der Waals surface area contributed by atoms with E-state index in [1.807, 2.05) is 48.5 Å². The van der Waals surface area contributed by atoms with Gasteiger partial charge in [-0.15, -0.1) is 0 Å². The number of methoxy groups -OCH3 is 1. The van der Waals surface area contributed by atoms with E-state index in [0.29, 0.717) is 0 Å². The molecular weight excluding hydrogens is 284 g/mol. The van der Waals surface area contributed by atoms with E-state index in [4.69, 9.17) is 22.1 Å². The summed E-state index contributed by atoms with van der Waals surface area (Å²) >= 11 is 6.18. The molecule has 0 heterocycles. The number of ether oxygens (including phenoxy) is 1. The molecule has 0 aromatic heterocycles. The summed E-state index contributed by atoms with van der Waals surface area (Å²) in [6.07, 6.45) is 0.840. The lowest BCUT2D eigenvalue weighted by molar-refractivity contribution is 0.415. The van der Waals surface area contributed by atoms with Crippen LogP contribution in [0.25, 0.3) is 0 Å². The molecule has 0 bridgehead atoms. The van der Waals surface area contributed by atoms with Crippen LogP contribution >= 0.6 is 11.6 Å². The van der Waals surface area contributed by atoms with Crippen molar-refractivity contribution in [1.82, 2.24) is 0 Å². The number of rotatable bonds is 6. The SMILES string of the molecule is COc1ccc(N(C)CCC(N)c2ccccc2Cl)cc1. The van der Waals surface area contributed by atoms with Gasteiger partial charge in [0.25, 0.3) is 0 Å². The molecule has 1 unspecified atom stereocenters. The number of hydrogen-bond donors (Lipinski definition) is 1. The predicted molar refractivity (Wildman–Crippen MR) is 89.3 cm³/mol. The molecular formula is C17H21ClN2O. The molecule has 0 saturated heterocycles. The van der Waals surface area contributed by atoms with Crippen LogP contribution < -0.4 is 15.4 Å². The summed E-state index contributed by atoms with van der Waals surface area (Å²) in [5.41, 5.74) is 8.38.